The first-order valence-electron chi connectivity index (χ1n) is 6.48. The SMILES string of the molecule is O=C(CCn1ncc(=O)c2ccccc21)NC1CC1. The van der Waals surface area contributed by atoms with E-state index in [0.717, 1.165) is 18.4 Å². The number of hydrogen-bond acceptors (Lipinski definition) is 3. The van der Waals surface area contributed by atoms with Crippen LogP contribution in [-0.2, 0) is 11.3 Å². The van der Waals surface area contributed by atoms with Crippen LogP contribution in [0.3, 0.4) is 0 Å². The van der Waals surface area contributed by atoms with Gasteiger partial charge in [-0.2, -0.15) is 5.10 Å². The second kappa shape index (κ2) is 4.84. The second-order valence-corrected chi connectivity index (χ2v) is 4.84. The summed E-state index contributed by atoms with van der Waals surface area (Å²) in [4.78, 5) is 23.3. The molecule has 5 nitrogen and oxygen atoms in total. The van der Waals surface area contributed by atoms with Crippen molar-refractivity contribution in [1.82, 2.24) is 15.1 Å². The average Bonchev–Trinajstić information content (AvgIpc) is 3.22. The van der Waals surface area contributed by atoms with Crippen molar-refractivity contribution in [3.63, 3.8) is 0 Å². The van der Waals surface area contributed by atoms with Gasteiger partial charge < -0.3 is 5.32 Å². The van der Waals surface area contributed by atoms with Crippen molar-refractivity contribution in [2.75, 3.05) is 0 Å². The van der Waals surface area contributed by atoms with Crippen LogP contribution in [0.15, 0.2) is 35.3 Å². The Morgan fingerprint density at radius 2 is 2.16 bits per heavy atom. The molecule has 1 amide bonds. The van der Waals surface area contributed by atoms with Crippen molar-refractivity contribution in [2.24, 2.45) is 0 Å². The Bertz CT molecular complexity index is 674. The van der Waals surface area contributed by atoms with Crippen LogP contribution in [0.4, 0.5) is 0 Å². The first-order valence-corrected chi connectivity index (χ1v) is 6.48. The van der Waals surface area contributed by atoms with Crippen molar-refractivity contribution in [3.05, 3.63) is 40.7 Å². The maximum atomic E-state index is 11.7. The number of aromatic nitrogens is 2. The Labute approximate surface area is 110 Å². The van der Waals surface area contributed by atoms with Crippen molar-refractivity contribution in [1.29, 1.82) is 0 Å². The molecule has 0 atom stereocenters. The van der Waals surface area contributed by atoms with E-state index in [0.29, 0.717) is 24.4 Å². The highest BCUT2D eigenvalue weighted by Gasteiger charge is 2.22. The van der Waals surface area contributed by atoms with Crippen LogP contribution in [0.25, 0.3) is 10.9 Å². The smallest absolute Gasteiger partial charge is 0.222 e. The predicted molar refractivity (Wildman–Crippen MR) is 71.8 cm³/mol. The number of hydrogen-bond donors (Lipinski definition) is 1. The molecule has 5 heteroatoms. The number of carbonyl (C=O) groups is 1. The summed E-state index contributed by atoms with van der Waals surface area (Å²) in [6.07, 6.45) is 3.87. The van der Waals surface area contributed by atoms with Crippen molar-refractivity contribution < 1.29 is 4.79 Å². The molecular formula is C14H15N3O2. The molecule has 98 valence electrons. The number of nitrogens with one attached hydrogen (secondary N) is 1. The third-order valence-electron chi connectivity index (χ3n) is 3.26. The Balaban J connectivity index is 1.78. The minimum absolute atomic E-state index is 0.0482. The molecule has 0 spiro atoms. The van der Waals surface area contributed by atoms with Crippen LogP contribution in [-0.4, -0.2) is 21.7 Å². The highest BCUT2D eigenvalue weighted by atomic mass is 16.1. The molecule has 1 aromatic heterocycles. The highest BCUT2D eigenvalue weighted by molar-refractivity contribution is 5.79. The zero-order valence-electron chi connectivity index (χ0n) is 10.5. The number of fused-ring (bicyclic) bond motifs is 1. The number of para-hydroxylation sites is 1. The van der Waals surface area contributed by atoms with Gasteiger partial charge in [0.05, 0.1) is 18.3 Å². The van der Waals surface area contributed by atoms with Gasteiger partial charge in [0.1, 0.15) is 0 Å². The molecule has 0 aliphatic heterocycles. The largest absolute Gasteiger partial charge is 0.353 e. The highest BCUT2D eigenvalue weighted by Crippen LogP contribution is 2.18. The normalized spacial score (nSPS) is 14.5. The number of benzene rings is 1. The van der Waals surface area contributed by atoms with Gasteiger partial charge in [0.2, 0.25) is 11.3 Å². The van der Waals surface area contributed by atoms with E-state index < -0.39 is 0 Å². The molecule has 1 heterocycles. The first kappa shape index (κ1) is 11.9. The lowest BCUT2D eigenvalue weighted by atomic mass is 10.2. The lowest BCUT2D eigenvalue weighted by Crippen LogP contribution is -2.26. The minimum Gasteiger partial charge on any atom is -0.353 e. The molecule has 19 heavy (non-hydrogen) atoms. The third kappa shape index (κ3) is 2.65. The Kier molecular flexibility index (Phi) is 3.03. The van der Waals surface area contributed by atoms with E-state index in [-0.39, 0.29) is 11.3 Å². The quantitative estimate of drug-likeness (QED) is 0.891. The predicted octanol–water partition coefficient (Wildman–Crippen LogP) is 1.07. The maximum Gasteiger partial charge on any atom is 0.222 e. The number of nitrogens with zero attached hydrogens (tertiary/aromatic N) is 2. The lowest BCUT2D eigenvalue weighted by molar-refractivity contribution is -0.121. The summed E-state index contributed by atoms with van der Waals surface area (Å²) < 4.78 is 1.71. The molecule has 0 bridgehead atoms. The summed E-state index contributed by atoms with van der Waals surface area (Å²) in [6, 6.07) is 7.70. The zero-order chi connectivity index (χ0) is 13.2. The van der Waals surface area contributed by atoms with Crippen LogP contribution < -0.4 is 10.7 Å². The van der Waals surface area contributed by atoms with Gasteiger partial charge in [0.15, 0.2) is 0 Å². The minimum atomic E-state index is -0.0886. The van der Waals surface area contributed by atoms with Gasteiger partial charge in [-0.25, -0.2) is 0 Å². The molecule has 3 rings (SSSR count). The van der Waals surface area contributed by atoms with Crippen LogP contribution >= 0.6 is 0 Å². The van der Waals surface area contributed by atoms with E-state index in [1.807, 2.05) is 18.2 Å². The fourth-order valence-corrected chi connectivity index (χ4v) is 2.07. The Morgan fingerprint density at radius 3 is 2.95 bits per heavy atom. The van der Waals surface area contributed by atoms with Gasteiger partial charge in [-0.05, 0) is 25.0 Å². The van der Waals surface area contributed by atoms with Gasteiger partial charge in [-0.15, -0.1) is 0 Å². The van der Waals surface area contributed by atoms with Crippen LogP contribution in [0, 0.1) is 0 Å². The van der Waals surface area contributed by atoms with Crippen molar-refractivity contribution >= 4 is 16.8 Å². The van der Waals surface area contributed by atoms with Gasteiger partial charge >= 0.3 is 0 Å². The molecule has 1 fully saturated rings. The molecule has 0 saturated heterocycles. The Hall–Kier alpha value is -2.17. The molecule has 2 aromatic rings. The standard InChI is InChI=1S/C14H15N3O2/c18-13-9-15-17(12-4-2-1-3-11(12)13)8-7-14(19)16-10-5-6-10/h1-4,9-10H,5-8H2,(H,16,19). The van der Waals surface area contributed by atoms with Crippen LogP contribution in [0.2, 0.25) is 0 Å². The monoisotopic (exact) mass is 257 g/mol. The number of rotatable bonds is 4. The van der Waals surface area contributed by atoms with Crippen molar-refractivity contribution in [3.8, 4) is 0 Å². The molecular weight excluding hydrogens is 242 g/mol. The Morgan fingerprint density at radius 1 is 1.37 bits per heavy atom. The van der Waals surface area contributed by atoms with E-state index in [1.54, 1.807) is 10.7 Å². The first-order chi connectivity index (χ1) is 9.24. The maximum absolute atomic E-state index is 11.7. The summed E-state index contributed by atoms with van der Waals surface area (Å²) in [7, 11) is 0. The summed E-state index contributed by atoms with van der Waals surface area (Å²) in [6.45, 7) is 0.485. The van der Waals surface area contributed by atoms with E-state index in [9.17, 15) is 9.59 Å². The zero-order valence-corrected chi connectivity index (χ0v) is 10.5. The molecule has 1 aromatic carbocycles. The molecule has 0 radical (unpaired) electrons. The molecule has 1 aliphatic rings. The van der Waals surface area contributed by atoms with E-state index >= 15 is 0 Å². The van der Waals surface area contributed by atoms with E-state index in [2.05, 4.69) is 10.4 Å². The van der Waals surface area contributed by atoms with Crippen molar-refractivity contribution in [2.45, 2.75) is 31.8 Å². The number of amides is 1. The van der Waals surface area contributed by atoms with E-state index in [4.69, 9.17) is 0 Å². The van der Waals surface area contributed by atoms with Crippen LogP contribution in [0.5, 0.6) is 0 Å². The summed E-state index contributed by atoms with van der Waals surface area (Å²) in [5.74, 6) is 0.0482. The lowest BCUT2D eigenvalue weighted by Gasteiger charge is -2.09. The average molecular weight is 257 g/mol. The van der Waals surface area contributed by atoms with Gasteiger partial charge in [-0.3, -0.25) is 14.3 Å². The van der Waals surface area contributed by atoms with E-state index in [1.165, 1.54) is 6.20 Å². The third-order valence-corrected chi connectivity index (χ3v) is 3.26. The molecule has 1 aliphatic carbocycles. The topological polar surface area (TPSA) is 64.0 Å². The number of carbonyl (C=O) groups excluding carboxylic acids is 1. The summed E-state index contributed by atoms with van der Waals surface area (Å²) >= 11 is 0. The van der Waals surface area contributed by atoms with Crippen LogP contribution in [0.1, 0.15) is 19.3 Å². The summed E-state index contributed by atoms with van der Waals surface area (Å²) in [5.41, 5.74) is 0.684. The van der Waals surface area contributed by atoms with Gasteiger partial charge in [0, 0.05) is 17.8 Å². The second-order valence-electron chi connectivity index (χ2n) is 4.84. The summed E-state index contributed by atoms with van der Waals surface area (Å²) in [5, 5.41) is 7.68. The molecule has 0 unspecified atom stereocenters. The fraction of sp³-hybridized carbons (Fsp3) is 0.357. The molecule has 1 N–H and O–H groups in total. The fourth-order valence-electron chi connectivity index (χ4n) is 2.07. The van der Waals surface area contributed by atoms with Gasteiger partial charge in [0.25, 0.3) is 0 Å². The van der Waals surface area contributed by atoms with Gasteiger partial charge in [-0.1, -0.05) is 12.1 Å². The number of aryl methyl sites for hydroxylation is 1. The molecule has 1 saturated carbocycles.